The van der Waals surface area contributed by atoms with Crippen molar-refractivity contribution in [3.8, 4) is 0 Å². The Labute approximate surface area is 159 Å². The molecule has 0 fully saturated rings. The molecule has 28 heavy (non-hydrogen) atoms. The summed E-state index contributed by atoms with van der Waals surface area (Å²) in [5.74, 6) is -1.76. The first-order valence-corrected chi connectivity index (χ1v) is 10.6. The lowest BCUT2D eigenvalue weighted by atomic mass is 10.3. The van der Waals surface area contributed by atoms with Crippen LogP contribution in [-0.2, 0) is 20.0 Å². The molecule has 12 heteroatoms. The Bertz CT molecular complexity index is 1220. The number of halogens is 2. The van der Waals surface area contributed by atoms with Crippen LogP contribution in [0.4, 0.5) is 20.3 Å². The van der Waals surface area contributed by atoms with Gasteiger partial charge in [-0.2, -0.15) is 0 Å². The lowest BCUT2D eigenvalue weighted by Gasteiger charge is -2.10. The van der Waals surface area contributed by atoms with Gasteiger partial charge < -0.3 is 4.52 Å². The molecule has 0 saturated carbocycles. The molecule has 0 aliphatic carbocycles. The van der Waals surface area contributed by atoms with Crippen LogP contribution in [0.3, 0.4) is 0 Å². The van der Waals surface area contributed by atoms with Gasteiger partial charge in [-0.25, -0.2) is 25.6 Å². The Balaban J connectivity index is 1.80. The van der Waals surface area contributed by atoms with E-state index in [1.807, 2.05) is 0 Å². The molecule has 3 aromatic rings. The zero-order valence-corrected chi connectivity index (χ0v) is 15.8. The summed E-state index contributed by atoms with van der Waals surface area (Å²) in [5, 5.41) is 3.52. The van der Waals surface area contributed by atoms with E-state index in [-0.39, 0.29) is 16.4 Å². The standard InChI is InChI=1S/C16H13F2N3O5S2/c1-10-8-16(19-26-10)21-27(22,23)13-5-3-12(4-6-13)20-28(24,25)15-7-2-11(17)9-14(15)18/h2-9,20H,1H3,(H,19,21). The molecule has 1 aromatic heterocycles. The minimum Gasteiger partial charge on any atom is -0.360 e. The molecular weight excluding hydrogens is 416 g/mol. The predicted octanol–water partition coefficient (Wildman–Crippen LogP) is 2.86. The fraction of sp³-hybridized carbons (Fsp3) is 0.0625. The van der Waals surface area contributed by atoms with Crippen molar-refractivity contribution in [2.24, 2.45) is 0 Å². The second-order valence-electron chi connectivity index (χ2n) is 5.63. The van der Waals surface area contributed by atoms with Crippen LogP contribution in [0.1, 0.15) is 5.76 Å². The van der Waals surface area contributed by atoms with Gasteiger partial charge in [-0.1, -0.05) is 5.16 Å². The van der Waals surface area contributed by atoms with E-state index >= 15 is 0 Å². The summed E-state index contributed by atoms with van der Waals surface area (Å²) in [7, 11) is -8.31. The van der Waals surface area contributed by atoms with Crippen LogP contribution in [0.2, 0.25) is 0 Å². The summed E-state index contributed by atoms with van der Waals surface area (Å²) < 4.78 is 84.8. The van der Waals surface area contributed by atoms with Gasteiger partial charge in [0, 0.05) is 17.8 Å². The maximum Gasteiger partial charge on any atom is 0.264 e. The third kappa shape index (κ3) is 4.28. The van der Waals surface area contributed by atoms with Crippen molar-refractivity contribution in [1.82, 2.24) is 5.16 Å². The molecule has 0 spiro atoms. The van der Waals surface area contributed by atoms with Crippen molar-refractivity contribution in [1.29, 1.82) is 0 Å². The molecule has 0 aliphatic rings. The number of nitrogens with zero attached hydrogens (tertiary/aromatic N) is 1. The highest BCUT2D eigenvalue weighted by molar-refractivity contribution is 7.93. The Morgan fingerprint density at radius 1 is 0.893 bits per heavy atom. The molecule has 3 rings (SSSR count). The predicted molar refractivity (Wildman–Crippen MR) is 95.7 cm³/mol. The monoisotopic (exact) mass is 429 g/mol. The van der Waals surface area contributed by atoms with Gasteiger partial charge in [0.05, 0.1) is 4.90 Å². The van der Waals surface area contributed by atoms with Crippen molar-refractivity contribution in [3.05, 3.63) is 65.9 Å². The van der Waals surface area contributed by atoms with E-state index in [1.54, 1.807) is 6.92 Å². The molecular formula is C16H13F2N3O5S2. The lowest BCUT2D eigenvalue weighted by Crippen LogP contribution is -2.15. The third-order valence-electron chi connectivity index (χ3n) is 3.47. The Morgan fingerprint density at radius 2 is 1.57 bits per heavy atom. The number of hydrogen-bond acceptors (Lipinski definition) is 6. The summed E-state index contributed by atoms with van der Waals surface area (Å²) in [6, 6.07) is 8.09. The molecule has 2 aromatic carbocycles. The van der Waals surface area contributed by atoms with Crippen molar-refractivity contribution in [2.75, 3.05) is 9.44 Å². The summed E-state index contributed by atoms with van der Waals surface area (Å²) in [6.45, 7) is 1.59. The highest BCUT2D eigenvalue weighted by Gasteiger charge is 2.21. The number of nitrogens with one attached hydrogen (secondary N) is 2. The molecule has 0 bridgehead atoms. The number of aromatic nitrogens is 1. The first-order chi connectivity index (χ1) is 13.1. The molecule has 148 valence electrons. The third-order valence-corrected chi connectivity index (χ3v) is 6.25. The van der Waals surface area contributed by atoms with E-state index in [4.69, 9.17) is 4.52 Å². The summed E-state index contributed by atoms with van der Waals surface area (Å²) in [5.41, 5.74) is -0.0139. The highest BCUT2D eigenvalue weighted by atomic mass is 32.2. The number of benzene rings is 2. The topological polar surface area (TPSA) is 118 Å². The Morgan fingerprint density at radius 3 is 2.14 bits per heavy atom. The van der Waals surface area contributed by atoms with Crippen LogP contribution in [0.25, 0.3) is 0 Å². The van der Waals surface area contributed by atoms with Gasteiger partial charge in [0.15, 0.2) is 5.82 Å². The van der Waals surface area contributed by atoms with Crippen LogP contribution in [0, 0.1) is 18.6 Å². The molecule has 8 nitrogen and oxygen atoms in total. The quantitative estimate of drug-likeness (QED) is 0.622. The second-order valence-corrected chi connectivity index (χ2v) is 8.97. The van der Waals surface area contributed by atoms with Crippen LogP contribution in [-0.4, -0.2) is 22.0 Å². The number of sulfonamides is 2. The van der Waals surface area contributed by atoms with E-state index in [9.17, 15) is 25.6 Å². The number of hydrogen-bond donors (Lipinski definition) is 2. The van der Waals surface area contributed by atoms with E-state index in [0.717, 1.165) is 24.3 Å². The Kier molecular flexibility index (Phi) is 5.08. The minimum atomic E-state index is -4.33. The van der Waals surface area contributed by atoms with E-state index < -0.39 is 36.6 Å². The van der Waals surface area contributed by atoms with E-state index in [2.05, 4.69) is 14.6 Å². The van der Waals surface area contributed by atoms with Crippen molar-refractivity contribution >= 4 is 31.6 Å². The highest BCUT2D eigenvalue weighted by Crippen LogP contribution is 2.22. The van der Waals surface area contributed by atoms with Crippen LogP contribution in [0.15, 0.2) is 62.8 Å². The minimum absolute atomic E-state index is 0.00550. The SMILES string of the molecule is Cc1cc(NS(=O)(=O)c2ccc(NS(=O)(=O)c3ccc(F)cc3F)cc2)no1. The average Bonchev–Trinajstić information content (AvgIpc) is 2.98. The molecule has 0 radical (unpaired) electrons. The van der Waals surface area contributed by atoms with Crippen LogP contribution < -0.4 is 9.44 Å². The molecule has 0 unspecified atom stereocenters. The van der Waals surface area contributed by atoms with Crippen molar-refractivity contribution in [2.45, 2.75) is 16.7 Å². The molecule has 1 heterocycles. The van der Waals surface area contributed by atoms with Crippen molar-refractivity contribution < 1.29 is 30.1 Å². The van der Waals surface area contributed by atoms with Gasteiger partial charge in [-0.15, -0.1) is 0 Å². The van der Waals surface area contributed by atoms with Gasteiger partial charge in [0.2, 0.25) is 0 Å². The normalized spacial score (nSPS) is 12.0. The largest absolute Gasteiger partial charge is 0.360 e. The van der Waals surface area contributed by atoms with E-state index in [1.165, 1.54) is 18.2 Å². The molecule has 0 atom stereocenters. The summed E-state index contributed by atoms with van der Waals surface area (Å²) in [6.07, 6.45) is 0. The van der Waals surface area contributed by atoms with Crippen molar-refractivity contribution in [3.63, 3.8) is 0 Å². The van der Waals surface area contributed by atoms with Gasteiger partial charge >= 0.3 is 0 Å². The van der Waals surface area contributed by atoms with Gasteiger partial charge in [0.1, 0.15) is 22.3 Å². The lowest BCUT2D eigenvalue weighted by molar-refractivity contribution is 0.400. The molecule has 2 N–H and O–H groups in total. The van der Waals surface area contributed by atoms with Gasteiger partial charge in [0.25, 0.3) is 20.0 Å². The first kappa shape index (κ1) is 19.8. The fourth-order valence-corrected chi connectivity index (χ4v) is 4.32. The zero-order valence-electron chi connectivity index (χ0n) is 14.2. The summed E-state index contributed by atoms with van der Waals surface area (Å²) >= 11 is 0. The smallest absolute Gasteiger partial charge is 0.264 e. The maximum atomic E-state index is 13.7. The number of rotatable bonds is 6. The fourth-order valence-electron chi connectivity index (χ4n) is 2.22. The average molecular weight is 429 g/mol. The zero-order chi connectivity index (χ0) is 20.5. The molecule has 0 saturated heterocycles. The molecule has 0 amide bonds. The van der Waals surface area contributed by atoms with Gasteiger partial charge in [-0.3, -0.25) is 9.44 Å². The Hall–Kier alpha value is -2.99. The first-order valence-electron chi connectivity index (χ1n) is 7.61. The molecule has 0 aliphatic heterocycles. The van der Waals surface area contributed by atoms with Gasteiger partial charge in [-0.05, 0) is 43.3 Å². The number of anilines is 2. The second kappa shape index (κ2) is 7.20. The maximum absolute atomic E-state index is 13.7. The van der Waals surface area contributed by atoms with Crippen LogP contribution in [0.5, 0.6) is 0 Å². The van der Waals surface area contributed by atoms with Crippen LogP contribution >= 0.6 is 0 Å². The van der Waals surface area contributed by atoms with E-state index in [0.29, 0.717) is 11.8 Å². The number of aryl methyl sites for hydroxylation is 1. The summed E-state index contributed by atoms with van der Waals surface area (Å²) in [4.78, 5) is -0.905.